The summed E-state index contributed by atoms with van der Waals surface area (Å²) in [6.07, 6.45) is 0.397. The Balaban J connectivity index is 1.49. The molecule has 2 N–H and O–H groups in total. The molecule has 4 heterocycles. The van der Waals surface area contributed by atoms with Gasteiger partial charge in [0.05, 0.1) is 46.7 Å². The van der Waals surface area contributed by atoms with Crippen LogP contribution in [0.25, 0.3) is 5.82 Å². The first-order valence-corrected chi connectivity index (χ1v) is 10.2. The number of hydrogen-bond acceptors (Lipinski definition) is 6. The van der Waals surface area contributed by atoms with Crippen molar-refractivity contribution in [3.8, 4) is 11.9 Å². The van der Waals surface area contributed by atoms with Crippen molar-refractivity contribution in [1.82, 2.24) is 25.1 Å². The van der Waals surface area contributed by atoms with Crippen LogP contribution in [-0.2, 0) is 11.6 Å². The third-order valence-electron chi connectivity index (χ3n) is 5.73. The lowest BCUT2D eigenvalue weighted by Crippen LogP contribution is -2.39. The van der Waals surface area contributed by atoms with Gasteiger partial charge in [-0.2, -0.15) is 23.5 Å². The monoisotopic (exact) mass is 455 g/mol. The number of hydrogen-bond donors (Lipinski definition) is 2. The van der Waals surface area contributed by atoms with E-state index in [1.54, 1.807) is 19.1 Å². The average Bonchev–Trinajstić information content (AvgIpc) is 3.21. The molecule has 4 rings (SSSR count). The van der Waals surface area contributed by atoms with Gasteiger partial charge >= 0.3 is 6.18 Å². The number of pyridine rings is 2. The van der Waals surface area contributed by atoms with Gasteiger partial charge in [0, 0.05) is 6.20 Å². The number of alkyl halides is 3. The first-order chi connectivity index (χ1) is 15.7. The van der Waals surface area contributed by atoms with Crippen molar-refractivity contribution in [2.45, 2.75) is 31.4 Å². The molecule has 0 spiro atoms. The van der Waals surface area contributed by atoms with Crippen molar-refractivity contribution in [2.75, 3.05) is 18.4 Å². The van der Waals surface area contributed by atoms with Crippen LogP contribution in [0.3, 0.4) is 0 Å². The second-order valence-electron chi connectivity index (χ2n) is 7.79. The van der Waals surface area contributed by atoms with Crippen LogP contribution in [0.1, 0.15) is 40.2 Å². The van der Waals surface area contributed by atoms with E-state index in [-0.39, 0.29) is 11.4 Å². The molecule has 0 radical (unpaired) electrons. The quantitative estimate of drug-likeness (QED) is 0.624. The summed E-state index contributed by atoms with van der Waals surface area (Å²) in [5.41, 5.74) is 0.274. The molecule has 0 aliphatic carbocycles. The third kappa shape index (κ3) is 4.42. The highest BCUT2D eigenvalue weighted by Gasteiger charge is 2.35. The van der Waals surface area contributed by atoms with Crippen LogP contribution < -0.4 is 10.6 Å². The van der Waals surface area contributed by atoms with Gasteiger partial charge in [0.15, 0.2) is 5.82 Å². The summed E-state index contributed by atoms with van der Waals surface area (Å²) < 4.78 is 39.5. The number of carbonyl (C=O) groups is 1. The van der Waals surface area contributed by atoms with E-state index in [0.29, 0.717) is 29.9 Å². The van der Waals surface area contributed by atoms with Crippen molar-refractivity contribution in [3.63, 3.8) is 0 Å². The van der Waals surface area contributed by atoms with Crippen LogP contribution >= 0.6 is 0 Å². The van der Waals surface area contributed by atoms with Gasteiger partial charge in [-0.3, -0.25) is 9.78 Å². The summed E-state index contributed by atoms with van der Waals surface area (Å²) in [6.45, 7) is 3.10. The normalized spacial score (nSPS) is 15.6. The predicted molar refractivity (Wildman–Crippen MR) is 113 cm³/mol. The minimum atomic E-state index is -4.49. The highest BCUT2D eigenvalue weighted by Crippen LogP contribution is 2.32. The number of rotatable bonds is 4. The Morgan fingerprint density at radius 2 is 1.91 bits per heavy atom. The molecular formula is C22H20F3N7O. The Labute approximate surface area is 187 Å². The fraction of sp³-hybridized carbons (Fsp3) is 0.318. The minimum absolute atomic E-state index is 0.161. The topological polar surface area (TPSA) is 109 Å². The summed E-state index contributed by atoms with van der Waals surface area (Å²) in [5, 5.41) is 19.7. The molecule has 0 atom stereocenters. The van der Waals surface area contributed by atoms with Gasteiger partial charge in [-0.1, -0.05) is 0 Å². The molecule has 1 saturated heterocycles. The third-order valence-corrected chi connectivity index (χ3v) is 5.73. The highest BCUT2D eigenvalue weighted by atomic mass is 19.4. The molecule has 11 heteroatoms. The smallest absolute Gasteiger partial charge is 0.320 e. The van der Waals surface area contributed by atoms with Crippen LogP contribution in [-0.4, -0.2) is 38.7 Å². The molecule has 8 nitrogen and oxygen atoms in total. The summed E-state index contributed by atoms with van der Waals surface area (Å²) in [5.74, 6) is -0.286. The zero-order chi connectivity index (χ0) is 23.6. The Morgan fingerprint density at radius 1 is 1.15 bits per heavy atom. The Morgan fingerprint density at radius 3 is 2.48 bits per heavy atom. The molecule has 0 aromatic carbocycles. The standard InChI is InChI=1S/C22H20F3N7O/c1-14-17(12-30-32(14)19-5-2-15(10-29-19)22(23,24)25)20(33)31-16-3-4-18(28-11-16)21(13-26)6-8-27-9-7-21/h2-5,10-12,27H,6-9H2,1H3,(H,31,33). The Kier molecular flexibility index (Phi) is 5.86. The largest absolute Gasteiger partial charge is 0.417 e. The van der Waals surface area contributed by atoms with E-state index in [0.717, 1.165) is 25.4 Å². The van der Waals surface area contributed by atoms with Gasteiger partial charge in [0.2, 0.25) is 0 Å². The van der Waals surface area contributed by atoms with Gasteiger partial charge in [0.25, 0.3) is 5.91 Å². The molecule has 1 aliphatic heterocycles. The molecule has 1 fully saturated rings. The fourth-order valence-corrected chi connectivity index (χ4v) is 3.77. The summed E-state index contributed by atoms with van der Waals surface area (Å²) in [7, 11) is 0. The zero-order valence-corrected chi connectivity index (χ0v) is 17.6. The molecule has 1 amide bonds. The molecule has 3 aromatic heterocycles. The van der Waals surface area contributed by atoms with E-state index in [1.807, 2.05) is 0 Å². The lowest BCUT2D eigenvalue weighted by atomic mass is 9.77. The van der Waals surface area contributed by atoms with Crippen LogP contribution in [0.4, 0.5) is 18.9 Å². The minimum Gasteiger partial charge on any atom is -0.320 e. The molecule has 3 aromatic rings. The number of nitrogens with one attached hydrogen (secondary N) is 2. The van der Waals surface area contributed by atoms with Gasteiger partial charge in [-0.15, -0.1) is 0 Å². The van der Waals surface area contributed by atoms with Crippen LogP contribution in [0.2, 0.25) is 0 Å². The number of halogens is 3. The Hall–Kier alpha value is -3.78. The first-order valence-electron chi connectivity index (χ1n) is 10.2. The van der Waals surface area contributed by atoms with Crippen molar-refractivity contribution in [3.05, 3.63) is 65.4 Å². The lowest BCUT2D eigenvalue weighted by Gasteiger charge is -2.30. The van der Waals surface area contributed by atoms with E-state index >= 15 is 0 Å². The summed E-state index contributed by atoms with van der Waals surface area (Å²) in [4.78, 5) is 21.0. The maximum Gasteiger partial charge on any atom is 0.417 e. The molecule has 0 saturated carbocycles. The molecule has 1 aliphatic rings. The molecule has 33 heavy (non-hydrogen) atoms. The van der Waals surface area contributed by atoms with Gasteiger partial charge in [-0.25, -0.2) is 9.67 Å². The molecular weight excluding hydrogens is 435 g/mol. The SMILES string of the molecule is Cc1c(C(=O)Nc2ccc(C3(C#N)CCNCC3)nc2)cnn1-c1ccc(C(F)(F)F)cn1. The molecule has 0 unspecified atom stereocenters. The summed E-state index contributed by atoms with van der Waals surface area (Å²) >= 11 is 0. The number of aromatic nitrogens is 4. The van der Waals surface area contributed by atoms with Gasteiger partial charge < -0.3 is 10.6 Å². The zero-order valence-electron chi connectivity index (χ0n) is 17.6. The van der Waals surface area contributed by atoms with Crippen LogP contribution in [0.15, 0.2) is 42.9 Å². The van der Waals surface area contributed by atoms with E-state index in [1.165, 1.54) is 23.1 Å². The van der Waals surface area contributed by atoms with E-state index in [4.69, 9.17) is 0 Å². The number of nitrogens with zero attached hydrogens (tertiary/aromatic N) is 5. The molecule has 170 valence electrons. The number of piperidine rings is 1. The van der Waals surface area contributed by atoms with Crippen LogP contribution in [0, 0.1) is 18.3 Å². The van der Waals surface area contributed by atoms with Crippen molar-refractivity contribution in [2.24, 2.45) is 0 Å². The summed E-state index contributed by atoms with van der Waals surface area (Å²) in [6, 6.07) is 7.93. The maximum atomic E-state index is 12.8. The van der Waals surface area contributed by atoms with Crippen molar-refractivity contribution >= 4 is 11.6 Å². The number of carbonyl (C=O) groups excluding carboxylic acids is 1. The van der Waals surface area contributed by atoms with Gasteiger partial charge in [-0.05, 0) is 57.1 Å². The maximum absolute atomic E-state index is 12.8. The van der Waals surface area contributed by atoms with E-state index in [2.05, 4.69) is 31.8 Å². The Bertz CT molecular complexity index is 1190. The number of amides is 1. The fourth-order valence-electron chi connectivity index (χ4n) is 3.77. The van der Waals surface area contributed by atoms with Crippen LogP contribution in [0.5, 0.6) is 0 Å². The first kappa shape index (κ1) is 22.4. The average molecular weight is 455 g/mol. The lowest BCUT2D eigenvalue weighted by molar-refractivity contribution is -0.137. The highest BCUT2D eigenvalue weighted by molar-refractivity contribution is 6.04. The molecule has 0 bridgehead atoms. The number of anilines is 1. The van der Waals surface area contributed by atoms with E-state index < -0.39 is 23.1 Å². The second-order valence-corrected chi connectivity index (χ2v) is 7.79. The predicted octanol–water partition coefficient (Wildman–Crippen LogP) is 3.39. The van der Waals surface area contributed by atoms with Crippen molar-refractivity contribution in [1.29, 1.82) is 5.26 Å². The van der Waals surface area contributed by atoms with Gasteiger partial charge in [0.1, 0.15) is 5.41 Å². The van der Waals surface area contributed by atoms with E-state index in [9.17, 15) is 23.2 Å². The second kappa shape index (κ2) is 8.63. The van der Waals surface area contributed by atoms with Crippen molar-refractivity contribution < 1.29 is 18.0 Å². The number of nitriles is 1.